The van der Waals surface area contributed by atoms with Crippen molar-refractivity contribution in [1.82, 2.24) is 10.6 Å². The molecule has 0 heterocycles. The fourth-order valence-electron chi connectivity index (χ4n) is 1.58. The van der Waals surface area contributed by atoms with Crippen molar-refractivity contribution in [1.29, 1.82) is 0 Å². The van der Waals surface area contributed by atoms with Gasteiger partial charge in [-0.1, -0.05) is 6.92 Å². The van der Waals surface area contributed by atoms with Crippen molar-refractivity contribution in [2.45, 2.75) is 38.3 Å². The van der Waals surface area contributed by atoms with E-state index in [0.29, 0.717) is 25.4 Å². The van der Waals surface area contributed by atoms with Gasteiger partial charge in [-0.15, -0.1) is 0 Å². The molecule has 6 nitrogen and oxygen atoms in total. The minimum Gasteiger partial charge on any atom is -0.480 e. The summed E-state index contributed by atoms with van der Waals surface area (Å²) < 4.78 is 4.84. The van der Waals surface area contributed by atoms with E-state index in [1.54, 1.807) is 7.11 Å². The van der Waals surface area contributed by atoms with Gasteiger partial charge in [0.15, 0.2) is 0 Å². The van der Waals surface area contributed by atoms with Gasteiger partial charge < -0.3 is 20.5 Å². The molecule has 0 aromatic rings. The number of methoxy groups -OCH3 is 1. The molecule has 2 amide bonds. The van der Waals surface area contributed by atoms with Gasteiger partial charge in [0.1, 0.15) is 6.04 Å². The summed E-state index contributed by atoms with van der Waals surface area (Å²) in [6.45, 7) is 2.53. The van der Waals surface area contributed by atoms with E-state index >= 15 is 0 Å². The molecule has 3 atom stereocenters. The molecule has 98 valence electrons. The molecule has 0 aromatic heterocycles. The Bertz CT molecular complexity index is 283. The van der Waals surface area contributed by atoms with Crippen LogP contribution in [0, 0.1) is 5.92 Å². The number of hydrogen-bond donors (Lipinski definition) is 3. The van der Waals surface area contributed by atoms with E-state index in [4.69, 9.17) is 9.84 Å². The topological polar surface area (TPSA) is 87.7 Å². The normalized spacial score (nSPS) is 23.9. The molecule has 0 aliphatic heterocycles. The van der Waals surface area contributed by atoms with Crippen LogP contribution < -0.4 is 10.6 Å². The molecule has 3 N–H and O–H groups in total. The number of aliphatic carboxylic acids is 1. The van der Waals surface area contributed by atoms with Gasteiger partial charge >= 0.3 is 12.0 Å². The quantitative estimate of drug-likeness (QED) is 0.571. The lowest BCUT2D eigenvalue weighted by Gasteiger charge is -2.14. The molecule has 1 rings (SSSR count). The van der Waals surface area contributed by atoms with Crippen molar-refractivity contribution in [2.24, 2.45) is 5.92 Å². The summed E-state index contributed by atoms with van der Waals surface area (Å²) in [5.74, 6) is -0.516. The molecular formula is C11H20N2O4. The van der Waals surface area contributed by atoms with Gasteiger partial charge in [-0.2, -0.15) is 0 Å². The van der Waals surface area contributed by atoms with Crippen molar-refractivity contribution < 1.29 is 19.4 Å². The SMILES string of the molecule is COCCCC(NC(=O)NC1CC1C)C(=O)O. The molecule has 0 bridgehead atoms. The molecule has 6 heteroatoms. The van der Waals surface area contributed by atoms with Gasteiger partial charge in [0.05, 0.1) is 0 Å². The summed E-state index contributed by atoms with van der Waals surface area (Å²) in [5.41, 5.74) is 0. The number of nitrogens with one attached hydrogen (secondary N) is 2. The van der Waals surface area contributed by atoms with Gasteiger partial charge in [-0.3, -0.25) is 0 Å². The van der Waals surface area contributed by atoms with Crippen LogP contribution in [0.25, 0.3) is 0 Å². The number of ether oxygens (including phenoxy) is 1. The third kappa shape index (κ3) is 5.04. The predicted octanol–water partition coefficient (Wildman–Crippen LogP) is 0.574. The smallest absolute Gasteiger partial charge is 0.326 e. The van der Waals surface area contributed by atoms with Crippen molar-refractivity contribution in [3.8, 4) is 0 Å². The highest BCUT2D eigenvalue weighted by molar-refractivity contribution is 5.82. The third-order valence-corrected chi connectivity index (χ3v) is 2.87. The number of carbonyl (C=O) groups is 2. The molecule has 17 heavy (non-hydrogen) atoms. The van der Waals surface area contributed by atoms with Crippen molar-refractivity contribution in [2.75, 3.05) is 13.7 Å². The lowest BCUT2D eigenvalue weighted by molar-refractivity contribution is -0.139. The second kappa shape index (κ2) is 6.44. The third-order valence-electron chi connectivity index (χ3n) is 2.87. The number of hydrogen-bond acceptors (Lipinski definition) is 3. The second-order valence-electron chi connectivity index (χ2n) is 4.46. The lowest BCUT2D eigenvalue weighted by Crippen LogP contribution is -2.46. The van der Waals surface area contributed by atoms with E-state index in [-0.39, 0.29) is 6.04 Å². The Morgan fingerprint density at radius 3 is 2.65 bits per heavy atom. The molecule has 1 saturated carbocycles. The van der Waals surface area contributed by atoms with Crippen LogP contribution in [-0.4, -0.2) is 42.9 Å². The monoisotopic (exact) mass is 244 g/mol. The van der Waals surface area contributed by atoms with Crippen LogP contribution in [0.2, 0.25) is 0 Å². The van der Waals surface area contributed by atoms with E-state index in [1.165, 1.54) is 0 Å². The zero-order valence-electron chi connectivity index (χ0n) is 10.2. The summed E-state index contributed by atoms with van der Waals surface area (Å²) >= 11 is 0. The van der Waals surface area contributed by atoms with Crippen LogP contribution >= 0.6 is 0 Å². The summed E-state index contributed by atoms with van der Waals surface area (Å²) in [5, 5.41) is 14.1. The number of carboxylic acids is 1. The van der Waals surface area contributed by atoms with E-state index in [0.717, 1.165) is 6.42 Å². The highest BCUT2D eigenvalue weighted by Gasteiger charge is 2.34. The van der Waals surface area contributed by atoms with Crippen molar-refractivity contribution in [3.63, 3.8) is 0 Å². The zero-order chi connectivity index (χ0) is 12.8. The molecule has 1 aliphatic carbocycles. The molecule has 0 spiro atoms. The minimum atomic E-state index is -1.01. The highest BCUT2D eigenvalue weighted by Crippen LogP contribution is 2.28. The molecular weight excluding hydrogens is 224 g/mol. The fraction of sp³-hybridized carbons (Fsp3) is 0.818. The van der Waals surface area contributed by atoms with Gasteiger partial charge in [0.25, 0.3) is 0 Å². The Morgan fingerprint density at radius 1 is 1.53 bits per heavy atom. The Kier molecular flexibility index (Phi) is 5.21. The summed E-state index contributed by atoms with van der Waals surface area (Å²) in [4.78, 5) is 22.4. The first-order chi connectivity index (χ1) is 8.04. The van der Waals surface area contributed by atoms with E-state index < -0.39 is 18.0 Å². The van der Waals surface area contributed by atoms with Crippen LogP contribution in [0.15, 0.2) is 0 Å². The first-order valence-corrected chi connectivity index (χ1v) is 5.83. The summed E-state index contributed by atoms with van der Waals surface area (Å²) in [7, 11) is 1.56. The number of carbonyl (C=O) groups excluding carboxylic acids is 1. The maximum Gasteiger partial charge on any atom is 0.326 e. The number of rotatable bonds is 7. The first kappa shape index (κ1) is 13.8. The summed E-state index contributed by atoms with van der Waals surface area (Å²) in [6, 6.07) is -1.05. The first-order valence-electron chi connectivity index (χ1n) is 5.83. The maximum atomic E-state index is 11.5. The largest absolute Gasteiger partial charge is 0.480 e. The molecule has 3 unspecified atom stereocenters. The number of urea groups is 1. The van der Waals surface area contributed by atoms with Gasteiger partial charge in [-0.25, -0.2) is 9.59 Å². The highest BCUT2D eigenvalue weighted by atomic mass is 16.5. The molecule has 1 aliphatic rings. The van der Waals surface area contributed by atoms with Crippen LogP contribution in [0.5, 0.6) is 0 Å². The van der Waals surface area contributed by atoms with Crippen LogP contribution in [0.4, 0.5) is 4.79 Å². The maximum absolute atomic E-state index is 11.5. The van der Waals surface area contributed by atoms with Crippen LogP contribution in [0.1, 0.15) is 26.2 Å². The molecule has 0 radical (unpaired) electrons. The van der Waals surface area contributed by atoms with Gasteiger partial charge in [0, 0.05) is 19.8 Å². The molecule has 0 aromatic carbocycles. The van der Waals surface area contributed by atoms with Crippen molar-refractivity contribution >= 4 is 12.0 Å². The van der Waals surface area contributed by atoms with Gasteiger partial charge in [0.2, 0.25) is 0 Å². The second-order valence-corrected chi connectivity index (χ2v) is 4.46. The van der Waals surface area contributed by atoms with E-state index in [9.17, 15) is 9.59 Å². The standard InChI is InChI=1S/C11H20N2O4/c1-7-6-9(7)13-11(16)12-8(10(14)15)4-3-5-17-2/h7-9H,3-6H2,1-2H3,(H,14,15)(H2,12,13,16). The predicted molar refractivity (Wildman–Crippen MR) is 61.8 cm³/mol. The fourth-order valence-corrected chi connectivity index (χ4v) is 1.58. The Balaban J connectivity index is 2.27. The minimum absolute atomic E-state index is 0.198. The Labute approximate surface area is 101 Å². The van der Waals surface area contributed by atoms with E-state index in [2.05, 4.69) is 10.6 Å². The summed E-state index contributed by atoms with van der Waals surface area (Å²) in [6.07, 6.45) is 1.94. The zero-order valence-corrected chi connectivity index (χ0v) is 10.2. The number of amides is 2. The van der Waals surface area contributed by atoms with Crippen molar-refractivity contribution in [3.05, 3.63) is 0 Å². The Hall–Kier alpha value is -1.30. The van der Waals surface area contributed by atoms with Crippen LogP contribution in [-0.2, 0) is 9.53 Å². The molecule has 0 saturated heterocycles. The van der Waals surface area contributed by atoms with Crippen LogP contribution in [0.3, 0.4) is 0 Å². The molecule has 1 fully saturated rings. The van der Waals surface area contributed by atoms with E-state index in [1.807, 2.05) is 6.92 Å². The average molecular weight is 244 g/mol. The lowest BCUT2D eigenvalue weighted by atomic mass is 10.1. The Morgan fingerprint density at radius 2 is 2.18 bits per heavy atom. The average Bonchev–Trinajstić information content (AvgIpc) is 2.92. The van der Waals surface area contributed by atoms with Gasteiger partial charge in [-0.05, 0) is 25.2 Å². The number of carboxylic acid groups (broad SMARTS) is 1.